The summed E-state index contributed by atoms with van der Waals surface area (Å²) < 4.78 is 12.8. The van der Waals surface area contributed by atoms with Gasteiger partial charge in [0.05, 0.1) is 25.8 Å². The number of ether oxygens (including phenoxy) is 2. The van der Waals surface area contributed by atoms with Crippen LogP contribution in [0.1, 0.15) is 31.0 Å². The maximum absolute atomic E-state index is 12.6. The number of carbonyl (C=O) groups is 1. The Kier molecular flexibility index (Phi) is 7.21. The number of methoxy groups -OCH3 is 1. The minimum Gasteiger partial charge on any atom is -0.493 e. The van der Waals surface area contributed by atoms with Crippen molar-refractivity contribution in [2.75, 3.05) is 7.11 Å². The topological polar surface area (TPSA) is 78.3 Å². The monoisotopic (exact) mass is 406 g/mol. The average Bonchev–Trinajstić information content (AvgIpc) is 3.26. The normalized spacial score (nSPS) is 12.1. The van der Waals surface area contributed by atoms with E-state index in [-0.39, 0.29) is 18.1 Å². The van der Waals surface area contributed by atoms with Crippen LogP contribution in [0.4, 0.5) is 0 Å². The second kappa shape index (κ2) is 10.2. The van der Waals surface area contributed by atoms with Crippen LogP contribution >= 0.6 is 0 Å². The van der Waals surface area contributed by atoms with E-state index in [1.54, 1.807) is 24.2 Å². The number of hydrogen-bond acceptors (Lipinski definition) is 5. The Morgan fingerprint density at radius 2 is 1.97 bits per heavy atom. The number of aromatic nitrogens is 3. The molecule has 0 aliphatic carbocycles. The maximum atomic E-state index is 12.6. The molecule has 156 valence electrons. The molecule has 0 fully saturated rings. The zero-order chi connectivity index (χ0) is 21.3. The minimum atomic E-state index is -0.235. The highest BCUT2D eigenvalue weighted by Gasteiger charge is 2.14. The van der Waals surface area contributed by atoms with Gasteiger partial charge in [0.2, 0.25) is 5.91 Å². The average molecular weight is 406 g/mol. The molecule has 1 atom stereocenters. The van der Waals surface area contributed by atoms with Crippen molar-refractivity contribution >= 4 is 12.0 Å². The first kappa shape index (κ1) is 21.1. The molecule has 0 bridgehead atoms. The molecular formula is C23H26N4O3. The van der Waals surface area contributed by atoms with Gasteiger partial charge in [0.15, 0.2) is 11.5 Å². The summed E-state index contributed by atoms with van der Waals surface area (Å²) in [7, 11) is 1.59. The van der Waals surface area contributed by atoms with Crippen LogP contribution in [0.15, 0.2) is 67.3 Å². The van der Waals surface area contributed by atoms with Gasteiger partial charge in [0, 0.05) is 6.08 Å². The van der Waals surface area contributed by atoms with Gasteiger partial charge in [-0.05, 0) is 43.2 Å². The second-order valence-corrected chi connectivity index (χ2v) is 7.00. The molecule has 0 radical (unpaired) electrons. The predicted molar refractivity (Wildman–Crippen MR) is 115 cm³/mol. The summed E-state index contributed by atoms with van der Waals surface area (Å²) >= 11 is 0. The van der Waals surface area contributed by atoms with Crippen molar-refractivity contribution in [1.82, 2.24) is 20.1 Å². The van der Waals surface area contributed by atoms with Gasteiger partial charge < -0.3 is 14.8 Å². The number of hydrogen-bond donors (Lipinski definition) is 1. The third-order valence-electron chi connectivity index (χ3n) is 4.33. The number of nitrogens with zero attached hydrogens (tertiary/aromatic N) is 3. The highest BCUT2D eigenvalue weighted by Crippen LogP contribution is 2.29. The van der Waals surface area contributed by atoms with Crippen LogP contribution in [0.25, 0.3) is 6.08 Å². The van der Waals surface area contributed by atoms with Crippen LogP contribution in [0.3, 0.4) is 0 Å². The van der Waals surface area contributed by atoms with E-state index >= 15 is 0 Å². The molecule has 2 aromatic carbocycles. The van der Waals surface area contributed by atoms with Gasteiger partial charge in [-0.2, -0.15) is 5.10 Å². The number of carbonyl (C=O) groups excluding carboxylic acids is 1. The van der Waals surface area contributed by atoms with E-state index in [1.165, 1.54) is 12.4 Å². The summed E-state index contributed by atoms with van der Waals surface area (Å²) in [5, 5.41) is 7.18. The van der Waals surface area contributed by atoms with Gasteiger partial charge in [0.25, 0.3) is 0 Å². The fraction of sp³-hybridized carbons (Fsp3) is 0.261. The number of amides is 1. The summed E-state index contributed by atoms with van der Waals surface area (Å²) in [5.74, 6) is 1.09. The zero-order valence-corrected chi connectivity index (χ0v) is 17.4. The number of benzene rings is 2. The van der Waals surface area contributed by atoms with Crippen molar-refractivity contribution in [3.05, 3.63) is 78.4 Å². The SMILES string of the molecule is COc1cc(/C=C/C(=O)NC(Cn2cncn2)c2ccccc2)ccc1OC(C)C. The molecule has 3 rings (SSSR count). The molecule has 7 nitrogen and oxygen atoms in total. The molecule has 0 spiro atoms. The van der Waals surface area contributed by atoms with Crippen LogP contribution in [0.2, 0.25) is 0 Å². The van der Waals surface area contributed by atoms with Gasteiger partial charge in [-0.1, -0.05) is 36.4 Å². The molecule has 0 saturated heterocycles. The largest absolute Gasteiger partial charge is 0.493 e. The van der Waals surface area contributed by atoms with Crippen LogP contribution in [-0.2, 0) is 11.3 Å². The lowest BCUT2D eigenvalue weighted by Gasteiger charge is -2.18. The first-order chi connectivity index (χ1) is 14.5. The third kappa shape index (κ3) is 5.94. The number of rotatable bonds is 9. The van der Waals surface area contributed by atoms with Crippen molar-refractivity contribution in [2.24, 2.45) is 0 Å². The summed E-state index contributed by atoms with van der Waals surface area (Å²) in [6, 6.07) is 15.1. The molecule has 30 heavy (non-hydrogen) atoms. The van der Waals surface area contributed by atoms with E-state index in [9.17, 15) is 4.79 Å². The molecule has 1 aromatic heterocycles. The van der Waals surface area contributed by atoms with Crippen molar-refractivity contribution in [2.45, 2.75) is 32.5 Å². The smallest absolute Gasteiger partial charge is 0.244 e. The molecule has 1 heterocycles. The Bertz CT molecular complexity index is 969. The van der Waals surface area contributed by atoms with E-state index in [4.69, 9.17) is 9.47 Å². The lowest BCUT2D eigenvalue weighted by molar-refractivity contribution is -0.117. The molecule has 3 aromatic rings. The molecule has 0 aliphatic rings. The van der Waals surface area contributed by atoms with Crippen molar-refractivity contribution in [1.29, 1.82) is 0 Å². The van der Waals surface area contributed by atoms with Gasteiger partial charge in [0.1, 0.15) is 12.7 Å². The quantitative estimate of drug-likeness (QED) is 0.549. The fourth-order valence-electron chi connectivity index (χ4n) is 2.96. The van der Waals surface area contributed by atoms with Crippen molar-refractivity contribution in [3.63, 3.8) is 0 Å². The predicted octanol–water partition coefficient (Wildman–Crippen LogP) is 3.64. The van der Waals surface area contributed by atoms with E-state index in [0.717, 1.165) is 11.1 Å². The van der Waals surface area contributed by atoms with Crippen LogP contribution in [0.5, 0.6) is 11.5 Å². The Hall–Kier alpha value is -3.61. The Balaban J connectivity index is 1.71. The summed E-state index contributed by atoms with van der Waals surface area (Å²) in [6.07, 6.45) is 6.41. The highest BCUT2D eigenvalue weighted by atomic mass is 16.5. The Morgan fingerprint density at radius 3 is 2.63 bits per heavy atom. The highest BCUT2D eigenvalue weighted by molar-refractivity contribution is 5.92. The first-order valence-corrected chi connectivity index (χ1v) is 9.76. The van der Waals surface area contributed by atoms with Crippen molar-refractivity contribution < 1.29 is 14.3 Å². The molecule has 1 unspecified atom stereocenters. The fourth-order valence-corrected chi connectivity index (χ4v) is 2.96. The maximum Gasteiger partial charge on any atom is 0.244 e. The Morgan fingerprint density at radius 1 is 1.17 bits per heavy atom. The molecule has 0 saturated carbocycles. The van der Waals surface area contributed by atoms with Gasteiger partial charge in [-0.3, -0.25) is 9.48 Å². The van der Waals surface area contributed by atoms with E-state index in [0.29, 0.717) is 18.0 Å². The van der Waals surface area contributed by atoms with Gasteiger partial charge in [-0.25, -0.2) is 4.98 Å². The van der Waals surface area contributed by atoms with E-state index < -0.39 is 0 Å². The van der Waals surface area contributed by atoms with Gasteiger partial charge >= 0.3 is 0 Å². The Labute approximate surface area is 176 Å². The van der Waals surface area contributed by atoms with Crippen LogP contribution in [-0.4, -0.2) is 33.9 Å². The summed E-state index contributed by atoms with van der Waals surface area (Å²) in [4.78, 5) is 16.6. The molecule has 1 amide bonds. The lowest BCUT2D eigenvalue weighted by Crippen LogP contribution is -2.30. The lowest BCUT2D eigenvalue weighted by atomic mass is 10.1. The number of nitrogens with one attached hydrogen (secondary N) is 1. The van der Waals surface area contributed by atoms with Crippen LogP contribution < -0.4 is 14.8 Å². The minimum absolute atomic E-state index is 0.0472. The van der Waals surface area contributed by atoms with E-state index in [1.807, 2.05) is 62.4 Å². The summed E-state index contributed by atoms with van der Waals surface area (Å²) in [5.41, 5.74) is 1.83. The molecular weight excluding hydrogens is 380 g/mol. The second-order valence-electron chi connectivity index (χ2n) is 7.00. The van der Waals surface area contributed by atoms with Crippen LogP contribution in [0, 0.1) is 0 Å². The summed E-state index contributed by atoms with van der Waals surface area (Å²) in [6.45, 7) is 4.40. The third-order valence-corrected chi connectivity index (χ3v) is 4.33. The zero-order valence-electron chi connectivity index (χ0n) is 17.4. The molecule has 0 aliphatic heterocycles. The van der Waals surface area contributed by atoms with Crippen molar-refractivity contribution in [3.8, 4) is 11.5 Å². The molecule has 1 N–H and O–H groups in total. The first-order valence-electron chi connectivity index (χ1n) is 9.76. The molecule has 7 heteroatoms. The standard InChI is InChI=1S/C23H26N4O3/c1-17(2)30-21-11-9-18(13-22(21)29-3)10-12-23(28)26-20(14-27-16-24-15-25-27)19-7-5-4-6-8-19/h4-13,15-17,20H,14H2,1-3H3,(H,26,28)/b12-10+. The van der Waals surface area contributed by atoms with Gasteiger partial charge in [-0.15, -0.1) is 0 Å². The van der Waals surface area contributed by atoms with E-state index in [2.05, 4.69) is 15.4 Å².